The van der Waals surface area contributed by atoms with Crippen LogP contribution in [0.1, 0.15) is 47.3 Å². The molecule has 9 heteroatoms. The first-order valence-corrected chi connectivity index (χ1v) is 13.0. The van der Waals surface area contributed by atoms with Crippen molar-refractivity contribution in [2.45, 2.75) is 43.4 Å². The quantitative estimate of drug-likeness (QED) is 0.702. The molecule has 1 aliphatic carbocycles. The molecule has 1 aromatic carbocycles. The Balaban J connectivity index is 1.22. The highest BCUT2D eigenvalue weighted by atomic mass is 32.2. The Kier molecular flexibility index (Phi) is 5.86. The summed E-state index contributed by atoms with van der Waals surface area (Å²) in [7, 11) is -3.48. The first-order valence-electron chi connectivity index (χ1n) is 11.5. The maximum atomic E-state index is 13.0. The van der Waals surface area contributed by atoms with Gasteiger partial charge in [-0.25, -0.2) is 8.42 Å². The Morgan fingerprint density at radius 1 is 0.812 bits per heavy atom. The minimum absolute atomic E-state index is 0.0633. The number of hydrogen-bond acceptors (Lipinski definition) is 6. The minimum Gasteiger partial charge on any atom is -0.352 e. The summed E-state index contributed by atoms with van der Waals surface area (Å²) in [6.07, 6.45) is 6.11. The molecule has 32 heavy (non-hydrogen) atoms. The van der Waals surface area contributed by atoms with Gasteiger partial charge >= 0.3 is 0 Å². The highest BCUT2D eigenvalue weighted by molar-refractivity contribution is 7.89. The van der Waals surface area contributed by atoms with Gasteiger partial charge in [0.2, 0.25) is 10.0 Å². The molecule has 2 aliphatic heterocycles. The molecule has 5 rings (SSSR count). The average molecular weight is 456 g/mol. The molecule has 2 aromatic rings. The lowest BCUT2D eigenvalue weighted by atomic mass is 10.1. The second kappa shape index (κ2) is 8.78. The lowest BCUT2D eigenvalue weighted by Gasteiger charge is -2.35. The van der Waals surface area contributed by atoms with Crippen LogP contribution in [0.25, 0.3) is 0 Å². The van der Waals surface area contributed by atoms with E-state index in [0.717, 1.165) is 50.0 Å². The van der Waals surface area contributed by atoms with Crippen LogP contribution in [0.15, 0.2) is 35.2 Å². The van der Waals surface area contributed by atoms with Crippen molar-refractivity contribution in [3.63, 3.8) is 0 Å². The third kappa shape index (κ3) is 4.11. The number of rotatable bonds is 4. The molecule has 0 radical (unpaired) electrons. The lowest BCUT2D eigenvalue weighted by molar-refractivity contribution is 0.0746. The number of nitrogens with zero attached hydrogens (tertiary/aromatic N) is 5. The number of hydrogen-bond donors (Lipinski definition) is 0. The van der Waals surface area contributed by atoms with Crippen molar-refractivity contribution in [3.05, 3.63) is 47.2 Å². The fourth-order valence-corrected chi connectivity index (χ4v) is 6.33. The fraction of sp³-hybridized carbons (Fsp3) is 0.522. The van der Waals surface area contributed by atoms with Crippen LogP contribution >= 0.6 is 0 Å². The molecule has 0 bridgehead atoms. The van der Waals surface area contributed by atoms with E-state index in [1.165, 1.54) is 5.56 Å². The molecular weight excluding hydrogens is 426 g/mol. The van der Waals surface area contributed by atoms with E-state index in [1.54, 1.807) is 28.6 Å². The number of amides is 1. The van der Waals surface area contributed by atoms with Gasteiger partial charge in [-0.15, -0.1) is 5.10 Å². The Morgan fingerprint density at radius 2 is 1.53 bits per heavy atom. The summed E-state index contributed by atoms with van der Waals surface area (Å²) in [5, 5.41) is 8.76. The fourth-order valence-electron chi connectivity index (χ4n) is 4.82. The molecule has 170 valence electrons. The summed E-state index contributed by atoms with van der Waals surface area (Å²) >= 11 is 0. The topological polar surface area (TPSA) is 86.7 Å². The zero-order chi connectivity index (χ0) is 22.1. The van der Waals surface area contributed by atoms with Gasteiger partial charge in [0.1, 0.15) is 0 Å². The number of carbonyl (C=O) groups is 1. The van der Waals surface area contributed by atoms with E-state index in [1.807, 2.05) is 4.90 Å². The van der Waals surface area contributed by atoms with Crippen molar-refractivity contribution in [2.75, 3.05) is 44.2 Å². The first kappa shape index (κ1) is 21.3. The minimum atomic E-state index is -3.48. The van der Waals surface area contributed by atoms with Crippen LogP contribution in [0.4, 0.5) is 5.82 Å². The highest BCUT2D eigenvalue weighted by Gasteiger charge is 2.27. The summed E-state index contributed by atoms with van der Waals surface area (Å²) in [6, 6.07) is 8.55. The number of anilines is 1. The summed E-state index contributed by atoms with van der Waals surface area (Å²) in [5.41, 5.74) is 2.94. The monoisotopic (exact) mass is 455 g/mol. The SMILES string of the molecule is O=C(c1ccc(S(=O)(=O)N2CCCCC2)cc1)N1CCN(c2cc3c(nn2)CCC3)CC1. The van der Waals surface area contributed by atoms with E-state index in [0.29, 0.717) is 44.8 Å². The first-order chi connectivity index (χ1) is 15.5. The number of piperidine rings is 1. The second-order valence-corrected chi connectivity index (χ2v) is 10.7. The maximum Gasteiger partial charge on any atom is 0.253 e. The number of aromatic nitrogens is 2. The standard InChI is InChI=1S/C23H29N5O3S/c29-23(18-7-9-20(10-8-18)32(30,31)28-11-2-1-3-12-28)27-15-13-26(14-16-27)22-17-19-5-4-6-21(19)24-25-22/h7-10,17H,1-6,11-16H2. The maximum absolute atomic E-state index is 13.0. The van der Waals surface area contributed by atoms with Gasteiger partial charge in [0.05, 0.1) is 10.6 Å². The Labute approximate surface area is 189 Å². The van der Waals surface area contributed by atoms with E-state index in [2.05, 4.69) is 21.2 Å². The number of carbonyl (C=O) groups excluding carboxylic acids is 1. The zero-order valence-corrected chi connectivity index (χ0v) is 19.1. The number of aryl methyl sites for hydroxylation is 2. The van der Waals surface area contributed by atoms with Crippen molar-refractivity contribution in [1.29, 1.82) is 0 Å². The Morgan fingerprint density at radius 3 is 2.25 bits per heavy atom. The third-order valence-corrected chi connectivity index (χ3v) is 8.66. The lowest BCUT2D eigenvalue weighted by Crippen LogP contribution is -2.49. The van der Waals surface area contributed by atoms with E-state index in [-0.39, 0.29) is 10.8 Å². The number of piperazine rings is 1. The van der Waals surface area contributed by atoms with Gasteiger partial charge in [0, 0.05) is 44.8 Å². The van der Waals surface area contributed by atoms with Crippen LogP contribution in [0, 0.1) is 0 Å². The van der Waals surface area contributed by atoms with Gasteiger partial charge in [-0.3, -0.25) is 4.79 Å². The van der Waals surface area contributed by atoms with Crippen LogP contribution in [-0.4, -0.2) is 73.0 Å². The van der Waals surface area contributed by atoms with E-state index >= 15 is 0 Å². The van der Waals surface area contributed by atoms with Crippen molar-refractivity contribution < 1.29 is 13.2 Å². The smallest absolute Gasteiger partial charge is 0.253 e. The van der Waals surface area contributed by atoms with Crippen LogP contribution < -0.4 is 4.90 Å². The highest BCUT2D eigenvalue weighted by Crippen LogP contribution is 2.24. The van der Waals surface area contributed by atoms with Gasteiger partial charge in [0.25, 0.3) is 5.91 Å². The Hall–Kier alpha value is -2.52. The number of fused-ring (bicyclic) bond motifs is 1. The van der Waals surface area contributed by atoms with Crippen LogP contribution in [-0.2, 0) is 22.9 Å². The van der Waals surface area contributed by atoms with Gasteiger partial charge < -0.3 is 9.80 Å². The molecule has 3 heterocycles. The predicted molar refractivity (Wildman–Crippen MR) is 121 cm³/mol. The second-order valence-electron chi connectivity index (χ2n) is 8.80. The van der Waals surface area contributed by atoms with Gasteiger partial charge in [-0.1, -0.05) is 6.42 Å². The average Bonchev–Trinajstić information content (AvgIpc) is 3.32. The largest absolute Gasteiger partial charge is 0.352 e. The van der Waals surface area contributed by atoms with Crippen molar-refractivity contribution in [3.8, 4) is 0 Å². The molecule has 0 spiro atoms. The van der Waals surface area contributed by atoms with E-state index in [4.69, 9.17) is 0 Å². The number of benzene rings is 1. The molecule has 0 saturated carbocycles. The molecule has 2 fully saturated rings. The molecule has 8 nitrogen and oxygen atoms in total. The molecule has 0 N–H and O–H groups in total. The third-order valence-electron chi connectivity index (χ3n) is 6.75. The molecule has 0 unspecified atom stereocenters. The van der Waals surface area contributed by atoms with E-state index in [9.17, 15) is 13.2 Å². The summed E-state index contributed by atoms with van der Waals surface area (Å²) in [5.74, 6) is 0.830. The summed E-state index contributed by atoms with van der Waals surface area (Å²) in [4.78, 5) is 17.2. The van der Waals surface area contributed by atoms with Gasteiger partial charge in [0.15, 0.2) is 5.82 Å². The summed E-state index contributed by atoms with van der Waals surface area (Å²) < 4.78 is 27.2. The molecule has 0 atom stereocenters. The van der Waals surface area contributed by atoms with Crippen molar-refractivity contribution in [1.82, 2.24) is 19.4 Å². The molecule has 1 aromatic heterocycles. The Bertz CT molecular complexity index is 1090. The molecule has 1 amide bonds. The summed E-state index contributed by atoms with van der Waals surface area (Å²) in [6.45, 7) is 3.77. The van der Waals surface area contributed by atoms with Gasteiger partial charge in [-0.05, 0) is 68.0 Å². The van der Waals surface area contributed by atoms with Crippen molar-refractivity contribution >= 4 is 21.7 Å². The van der Waals surface area contributed by atoms with E-state index < -0.39 is 10.0 Å². The van der Waals surface area contributed by atoms with Crippen LogP contribution in [0.2, 0.25) is 0 Å². The molecule has 2 saturated heterocycles. The predicted octanol–water partition coefficient (Wildman–Crippen LogP) is 2.10. The molecular formula is C23H29N5O3S. The zero-order valence-electron chi connectivity index (χ0n) is 18.2. The normalized spacial score (nSPS) is 19.8. The number of sulfonamides is 1. The van der Waals surface area contributed by atoms with Crippen LogP contribution in [0.5, 0.6) is 0 Å². The van der Waals surface area contributed by atoms with Gasteiger partial charge in [-0.2, -0.15) is 9.40 Å². The van der Waals surface area contributed by atoms with Crippen LogP contribution in [0.3, 0.4) is 0 Å². The molecule has 3 aliphatic rings. The van der Waals surface area contributed by atoms with Crippen molar-refractivity contribution in [2.24, 2.45) is 0 Å².